The molecule has 3 rings (SSSR count). The third-order valence-electron chi connectivity index (χ3n) is 4.10. The molecule has 1 aliphatic heterocycles. The largest absolute Gasteiger partial charge is 0.335 e. The standard InChI is InChI=1S/C16H20ClN3O2/c17-12-3-5-13(6-4-12)18-15(21)11-2-1-9-20(10-11)16(22)19-14-7-8-14/h3-6,11,14H,1-2,7-10H2,(H,18,21)(H,19,22). The summed E-state index contributed by atoms with van der Waals surface area (Å²) < 4.78 is 0. The van der Waals surface area contributed by atoms with Crippen molar-refractivity contribution in [3.05, 3.63) is 29.3 Å². The van der Waals surface area contributed by atoms with Crippen LogP contribution in [0.25, 0.3) is 0 Å². The molecule has 0 bridgehead atoms. The zero-order valence-corrected chi connectivity index (χ0v) is 13.1. The monoisotopic (exact) mass is 321 g/mol. The Kier molecular flexibility index (Phi) is 4.52. The number of piperidine rings is 1. The van der Waals surface area contributed by atoms with Gasteiger partial charge in [0.15, 0.2) is 0 Å². The first-order valence-electron chi connectivity index (χ1n) is 7.74. The number of nitrogens with zero attached hydrogens (tertiary/aromatic N) is 1. The second-order valence-electron chi connectivity index (χ2n) is 6.01. The zero-order chi connectivity index (χ0) is 15.5. The fraction of sp³-hybridized carbons (Fsp3) is 0.500. The van der Waals surface area contributed by atoms with Crippen molar-refractivity contribution in [1.82, 2.24) is 10.2 Å². The third-order valence-corrected chi connectivity index (χ3v) is 4.35. The van der Waals surface area contributed by atoms with E-state index in [-0.39, 0.29) is 17.9 Å². The van der Waals surface area contributed by atoms with E-state index < -0.39 is 0 Å². The maximum atomic E-state index is 12.4. The van der Waals surface area contributed by atoms with Crippen LogP contribution < -0.4 is 10.6 Å². The molecule has 0 aromatic heterocycles. The van der Waals surface area contributed by atoms with Crippen LogP contribution in [-0.4, -0.2) is 36.0 Å². The molecule has 1 unspecified atom stereocenters. The molecule has 6 heteroatoms. The van der Waals surface area contributed by atoms with Crippen LogP contribution in [0.3, 0.4) is 0 Å². The molecule has 2 fully saturated rings. The number of carbonyl (C=O) groups is 2. The molecule has 0 radical (unpaired) electrons. The lowest BCUT2D eigenvalue weighted by molar-refractivity contribution is -0.121. The molecule has 1 aromatic rings. The molecule has 1 heterocycles. The van der Waals surface area contributed by atoms with E-state index in [1.54, 1.807) is 29.2 Å². The van der Waals surface area contributed by atoms with Gasteiger partial charge in [-0.2, -0.15) is 0 Å². The summed E-state index contributed by atoms with van der Waals surface area (Å²) in [5, 5.41) is 6.51. The van der Waals surface area contributed by atoms with Crippen LogP contribution >= 0.6 is 11.6 Å². The van der Waals surface area contributed by atoms with E-state index in [9.17, 15) is 9.59 Å². The Hall–Kier alpha value is -1.75. The van der Waals surface area contributed by atoms with Crippen molar-refractivity contribution in [2.75, 3.05) is 18.4 Å². The van der Waals surface area contributed by atoms with Crippen LogP contribution in [0.15, 0.2) is 24.3 Å². The first-order valence-corrected chi connectivity index (χ1v) is 8.11. The molecule has 2 N–H and O–H groups in total. The van der Waals surface area contributed by atoms with Crippen molar-refractivity contribution in [3.8, 4) is 0 Å². The van der Waals surface area contributed by atoms with Gasteiger partial charge in [-0.15, -0.1) is 0 Å². The first kappa shape index (κ1) is 15.2. The average Bonchev–Trinajstić information content (AvgIpc) is 3.33. The molecule has 1 aromatic carbocycles. The van der Waals surface area contributed by atoms with Gasteiger partial charge in [-0.3, -0.25) is 4.79 Å². The lowest BCUT2D eigenvalue weighted by Crippen LogP contribution is -2.48. The van der Waals surface area contributed by atoms with Crippen molar-refractivity contribution in [2.24, 2.45) is 5.92 Å². The predicted octanol–water partition coefficient (Wildman–Crippen LogP) is 2.86. The Morgan fingerprint density at radius 1 is 1.14 bits per heavy atom. The van der Waals surface area contributed by atoms with Crippen molar-refractivity contribution < 1.29 is 9.59 Å². The molecule has 1 saturated carbocycles. The Morgan fingerprint density at radius 2 is 1.86 bits per heavy atom. The summed E-state index contributed by atoms with van der Waals surface area (Å²) in [4.78, 5) is 26.2. The van der Waals surface area contributed by atoms with Crippen molar-refractivity contribution >= 4 is 29.2 Å². The lowest BCUT2D eigenvalue weighted by Gasteiger charge is -2.32. The lowest BCUT2D eigenvalue weighted by atomic mass is 9.97. The quantitative estimate of drug-likeness (QED) is 0.899. The molecule has 1 atom stereocenters. The molecule has 3 amide bonds. The van der Waals surface area contributed by atoms with E-state index >= 15 is 0 Å². The summed E-state index contributed by atoms with van der Waals surface area (Å²) in [6.07, 6.45) is 3.81. The number of amides is 3. The summed E-state index contributed by atoms with van der Waals surface area (Å²) in [7, 11) is 0. The fourth-order valence-electron chi connectivity index (χ4n) is 2.65. The maximum Gasteiger partial charge on any atom is 0.317 e. The van der Waals surface area contributed by atoms with E-state index in [0.717, 1.165) is 37.9 Å². The number of rotatable bonds is 3. The highest BCUT2D eigenvalue weighted by molar-refractivity contribution is 6.30. The van der Waals surface area contributed by atoms with Gasteiger partial charge >= 0.3 is 6.03 Å². The molecule has 5 nitrogen and oxygen atoms in total. The highest BCUT2D eigenvalue weighted by Gasteiger charge is 2.31. The minimum Gasteiger partial charge on any atom is -0.335 e. The summed E-state index contributed by atoms with van der Waals surface area (Å²) in [6, 6.07) is 7.35. The van der Waals surface area contributed by atoms with Crippen LogP contribution in [0, 0.1) is 5.92 Å². The SMILES string of the molecule is O=C(Nc1ccc(Cl)cc1)C1CCCN(C(=O)NC2CC2)C1. The molecule has 118 valence electrons. The van der Waals surface area contributed by atoms with Gasteiger partial charge in [-0.25, -0.2) is 4.79 Å². The predicted molar refractivity (Wildman–Crippen MR) is 85.9 cm³/mol. The number of nitrogens with one attached hydrogen (secondary N) is 2. The van der Waals surface area contributed by atoms with Crippen molar-refractivity contribution in [3.63, 3.8) is 0 Å². The fourth-order valence-corrected chi connectivity index (χ4v) is 2.77. The maximum absolute atomic E-state index is 12.4. The second kappa shape index (κ2) is 6.57. The normalized spacial score (nSPS) is 21.3. The van der Waals surface area contributed by atoms with Crippen LogP contribution in [0.4, 0.5) is 10.5 Å². The number of hydrogen-bond donors (Lipinski definition) is 2. The molecule has 22 heavy (non-hydrogen) atoms. The number of anilines is 1. The van der Waals surface area contributed by atoms with Crippen LogP contribution in [0.2, 0.25) is 5.02 Å². The summed E-state index contributed by atoms with van der Waals surface area (Å²) in [5.74, 6) is -0.194. The van der Waals surface area contributed by atoms with Crippen molar-refractivity contribution in [2.45, 2.75) is 31.7 Å². The topological polar surface area (TPSA) is 61.4 Å². The molecule has 1 saturated heterocycles. The van der Waals surface area contributed by atoms with Gasteiger partial charge in [-0.05, 0) is 49.9 Å². The van der Waals surface area contributed by atoms with E-state index in [4.69, 9.17) is 11.6 Å². The van der Waals surface area contributed by atoms with Gasteiger partial charge in [-0.1, -0.05) is 11.6 Å². The number of urea groups is 1. The molecular formula is C16H20ClN3O2. The number of carbonyl (C=O) groups excluding carboxylic acids is 2. The van der Waals surface area contributed by atoms with E-state index in [1.165, 1.54) is 0 Å². The van der Waals surface area contributed by atoms with Crippen molar-refractivity contribution in [1.29, 1.82) is 0 Å². The average molecular weight is 322 g/mol. The van der Waals surface area contributed by atoms with Gasteiger partial charge in [0.2, 0.25) is 5.91 Å². The number of likely N-dealkylation sites (tertiary alicyclic amines) is 1. The minimum absolute atomic E-state index is 0.0357. The Morgan fingerprint density at radius 3 is 2.55 bits per heavy atom. The second-order valence-corrected chi connectivity index (χ2v) is 6.44. The molecule has 0 spiro atoms. The summed E-state index contributed by atoms with van der Waals surface area (Å²) >= 11 is 5.83. The molecular weight excluding hydrogens is 302 g/mol. The highest BCUT2D eigenvalue weighted by atomic mass is 35.5. The molecule has 1 aliphatic carbocycles. The Labute approximate surface area is 135 Å². The van der Waals surface area contributed by atoms with Gasteiger partial charge in [0, 0.05) is 29.8 Å². The Bertz CT molecular complexity index is 557. The number of benzene rings is 1. The van der Waals surface area contributed by atoms with Crippen LogP contribution in [-0.2, 0) is 4.79 Å². The van der Waals surface area contributed by atoms with Crippen LogP contribution in [0.1, 0.15) is 25.7 Å². The zero-order valence-electron chi connectivity index (χ0n) is 12.3. The van der Waals surface area contributed by atoms with E-state index in [2.05, 4.69) is 10.6 Å². The molecule has 2 aliphatic rings. The van der Waals surface area contributed by atoms with Gasteiger partial charge in [0.05, 0.1) is 5.92 Å². The van der Waals surface area contributed by atoms with Gasteiger partial charge < -0.3 is 15.5 Å². The smallest absolute Gasteiger partial charge is 0.317 e. The number of hydrogen-bond acceptors (Lipinski definition) is 2. The minimum atomic E-state index is -0.158. The van der Waals surface area contributed by atoms with Gasteiger partial charge in [0.25, 0.3) is 0 Å². The third kappa shape index (κ3) is 3.91. The van der Waals surface area contributed by atoms with Gasteiger partial charge in [0.1, 0.15) is 0 Å². The highest BCUT2D eigenvalue weighted by Crippen LogP contribution is 2.22. The number of halogens is 1. The Balaban J connectivity index is 1.55. The van der Waals surface area contributed by atoms with E-state index in [0.29, 0.717) is 17.6 Å². The summed E-state index contributed by atoms with van der Waals surface area (Å²) in [5.41, 5.74) is 0.731. The first-order chi connectivity index (χ1) is 10.6. The van der Waals surface area contributed by atoms with Crippen LogP contribution in [0.5, 0.6) is 0 Å². The summed E-state index contributed by atoms with van der Waals surface area (Å²) in [6.45, 7) is 1.21. The van der Waals surface area contributed by atoms with E-state index in [1.807, 2.05) is 0 Å².